The molecule has 2 unspecified atom stereocenters. The first-order valence-electron chi connectivity index (χ1n) is 12.0. The molecule has 196 valence electrons. The van der Waals surface area contributed by atoms with Crippen LogP contribution >= 0.6 is 0 Å². The molecule has 0 saturated heterocycles. The molecule has 0 bridgehead atoms. The predicted octanol–water partition coefficient (Wildman–Crippen LogP) is 7.06. The van der Waals surface area contributed by atoms with E-state index < -0.39 is 22.1 Å². The van der Waals surface area contributed by atoms with Gasteiger partial charge in [-0.2, -0.15) is 21.6 Å². The van der Waals surface area contributed by atoms with Gasteiger partial charge in [0.15, 0.2) is 0 Å². The highest BCUT2D eigenvalue weighted by atomic mass is 32.3. The maximum Gasteiger partial charge on any atom is 0.416 e. The smallest absolute Gasteiger partial charge is 0.310 e. The molecule has 9 heteroatoms. The van der Waals surface area contributed by atoms with E-state index in [1.54, 1.807) is 6.07 Å². The number of halogens is 3. The fourth-order valence-corrected chi connectivity index (χ4v) is 4.82. The first-order valence-corrected chi connectivity index (χ1v) is 13.4. The van der Waals surface area contributed by atoms with Gasteiger partial charge in [0.05, 0.1) is 12.2 Å². The van der Waals surface area contributed by atoms with E-state index in [9.17, 15) is 21.6 Å². The van der Waals surface area contributed by atoms with E-state index in [0.717, 1.165) is 11.5 Å². The minimum atomic E-state index is -4.46. The molecule has 0 aliphatic rings. The van der Waals surface area contributed by atoms with E-state index in [4.69, 9.17) is 4.55 Å². The summed E-state index contributed by atoms with van der Waals surface area (Å²) in [5.41, 5.74) is 1.14. The number of hydrogen-bond donors (Lipinski definition) is 2. The van der Waals surface area contributed by atoms with Crippen molar-refractivity contribution in [2.24, 2.45) is 0 Å². The lowest BCUT2D eigenvalue weighted by Gasteiger charge is -2.22. The third-order valence-electron chi connectivity index (χ3n) is 6.35. The van der Waals surface area contributed by atoms with Crippen LogP contribution in [0.3, 0.4) is 0 Å². The first-order chi connectivity index (χ1) is 17.0. The molecule has 0 radical (unpaired) electrons. The quantitative estimate of drug-likeness (QED) is 0.185. The second-order valence-electron chi connectivity index (χ2n) is 8.95. The number of unbranched alkanes of at least 4 members (excludes halogenated alkanes) is 2. The molecule has 0 aliphatic carbocycles. The predicted molar refractivity (Wildman–Crippen MR) is 135 cm³/mol. The highest BCUT2D eigenvalue weighted by Gasteiger charge is 2.31. The van der Waals surface area contributed by atoms with Gasteiger partial charge in [-0.1, -0.05) is 73.5 Å². The number of fused-ring (bicyclic) bond motifs is 1. The summed E-state index contributed by atoms with van der Waals surface area (Å²) in [7, 11) is -4.46. The van der Waals surface area contributed by atoms with Gasteiger partial charge in [-0.3, -0.25) is 4.55 Å². The average molecular weight is 524 g/mol. The van der Waals surface area contributed by atoms with Crippen molar-refractivity contribution in [1.29, 1.82) is 0 Å². The summed E-state index contributed by atoms with van der Waals surface area (Å²) in [5, 5.41) is 5.85. The van der Waals surface area contributed by atoms with Crippen LogP contribution in [0.2, 0.25) is 0 Å². The van der Waals surface area contributed by atoms with E-state index in [1.807, 2.05) is 18.2 Å². The van der Waals surface area contributed by atoms with Crippen molar-refractivity contribution < 1.29 is 30.3 Å². The SMILES string of the molecule is CC(NCCC(CCCCCOS(=O)(=O)O)c1cccc(C(F)(F)F)c1)c1cccc2ccccc12. The summed E-state index contributed by atoms with van der Waals surface area (Å²) in [4.78, 5) is 0. The molecule has 0 amide bonds. The Morgan fingerprint density at radius 3 is 2.42 bits per heavy atom. The maximum absolute atomic E-state index is 13.3. The summed E-state index contributed by atoms with van der Waals surface area (Å²) in [6.07, 6.45) is -1.37. The third-order valence-corrected chi connectivity index (χ3v) is 6.81. The summed E-state index contributed by atoms with van der Waals surface area (Å²) in [5.74, 6) is -0.0954. The molecule has 0 aromatic heterocycles. The van der Waals surface area contributed by atoms with Gasteiger partial charge in [0.2, 0.25) is 0 Å². The Morgan fingerprint density at radius 1 is 0.944 bits per heavy atom. The molecule has 0 saturated carbocycles. The largest absolute Gasteiger partial charge is 0.416 e. The zero-order valence-corrected chi connectivity index (χ0v) is 21.0. The molecule has 3 aromatic carbocycles. The third kappa shape index (κ3) is 8.58. The molecule has 2 atom stereocenters. The van der Waals surface area contributed by atoms with Gasteiger partial charge in [-0.25, -0.2) is 4.18 Å². The number of benzene rings is 3. The lowest BCUT2D eigenvalue weighted by atomic mass is 9.89. The van der Waals surface area contributed by atoms with Gasteiger partial charge in [-0.05, 0) is 66.6 Å². The van der Waals surface area contributed by atoms with Gasteiger partial charge in [0.1, 0.15) is 0 Å². The Morgan fingerprint density at radius 2 is 1.67 bits per heavy atom. The lowest BCUT2D eigenvalue weighted by molar-refractivity contribution is -0.137. The van der Waals surface area contributed by atoms with Crippen LogP contribution in [-0.2, 0) is 20.8 Å². The van der Waals surface area contributed by atoms with Crippen LogP contribution in [0.1, 0.15) is 67.7 Å². The Hall–Kier alpha value is -2.46. The molecule has 0 aliphatic heterocycles. The van der Waals surface area contributed by atoms with Crippen LogP contribution in [0.5, 0.6) is 0 Å². The summed E-state index contributed by atoms with van der Waals surface area (Å²) in [6.45, 7) is 2.57. The van der Waals surface area contributed by atoms with Gasteiger partial charge < -0.3 is 5.32 Å². The molecule has 3 aromatic rings. The minimum Gasteiger partial charge on any atom is -0.310 e. The Kier molecular flexibility index (Phi) is 9.90. The highest BCUT2D eigenvalue weighted by molar-refractivity contribution is 7.80. The molecule has 36 heavy (non-hydrogen) atoms. The van der Waals surface area contributed by atoms with Crippen molar-refractivity contribution in [3.05, 3.63) is 83.4 Å². The Bertz CT molecular complexity index is 1230. The number of alkyl halides is 3. The number of hydrogen-bond acceptors (Lipinski definition) is 4. The van der Waals surface area contributed by atoms with Gasteiger partial charge in [0.25, 0.3) is 0 Å². The van der Waals surface area contributed by atoms with Crippen LogP contribution in [-0.4, -0.2) is 26.1 Å². The summed E-state index contributed by atoms with van der Waals surface area (Å²) >= 11 is 0. The van der Waals surface area contributed by atoms with Crippen molar-refractivity contribution >= 4 is 21.2 Å². The molecular weight excluding hydrogens is 491 g/mol. The standard InChI is InChI=1S/C27H32F3NO4S/c1-20(25-15-8-11-22-10-4-5-14-26(22)25)31-17-16-21(9-3-2-6-18-35-36(32,33)34)23-12-7-13-24(19-23)27(28,29)30/h4-5,7-8,10-15,19-21,31H,2-3,6,9,16-18H2,1H3,(H,32,33,34). The van der Waals surface area contributed by atoms with Gasteiger partial charge >= 0.3 is 16.6 Å². The molecule has 2 N–H and O–H groups in total. The second kappa shape index (κ2) is 12.7. The zero-order chi connectivity index (χ0) is 26.2. The maximum atomic E-state index is 13.3. The van der Waals surface area contributed by atoms with Crippen molar-refractivity contribution in [2.75, 3.05) is 13.2 Å². The monoisotopic (exact) mass is 523 g/mol. The summed E-state index contributed by atoms with van der Waals surface area (Å²) in [6, 6.07) is 19.9. The number of nitrogens with one attached hydrogen (secondary N) is 1. The Balaban J connectivity index is 1.63. The van der Waals surface area contributed by atoms with Crippen LogP contribution in [0.25, 0.3) is 10.8 Å². The van der Waals surface area contributed by atoms with Crippen molar-refractivity contribution in [1.82, 2.24) is 5.32 Å². The van der Waals surface area contributed by atoms with Crippen molar-refractivity contribution in [3.63, 3.8) is 0 Å². The van der Waals surface area contributed by atoms with Crippen LogP contribution in [0, 0.1) is 0 Å². The lowest BCUT2D eigenvalue weighted by Crippen LogP contribution is -2.22. The van der Waals surface area contributed by atoms with E-state index in [-0.39, 0.29) is 18.6 Å². The molecule has 0 fully saturated rings. The summed E-state index contributed by atoms with van der Waals surface area (Å²) < 4.78 is 74.2. The minimum absolute atomic E-state index is 0.0656. The first kappa shape index (κ1) is 28.1. The topological polar surface area (TPSA) is 75.6 Å². The van der Waals surface area contributed by atoms with E-state index in [2.05, 4.69) is 40.7 Å². The van der Waals surface area contributed by atoms with Crippen LogP contribution in [0.4, 0.5) is 13.2 Å². The van der Waals surface area contributed by atoms with E-state index in [1.165, 1.54) is 23.1 Å². The fourth-order valence-electron chi connectivity index (χ4n) is 4.49. The second-order valence-corrected chi connectivity index (χ2v) is 10.0. The highest BCUT2D eigenvalue weighted by Crippen LogP contribution is 2.33. The molecule has 3 rings (SSSR count). The van der Waals surface area contributed by atoms with Crippen LogP contribution < -0.4 is 5.32 Å². The molecule has 0 heterocycles. The fraction of sp³-hybridized carbons (Fsp3) is 0.407. The van der Waals surface area contributed by atoms with Crippen LogP contribution in [0.15, 0.2) is 66.7 Å². The molecular formula is C27H32F3NO4S. The van der Waals surface area contributed by atoms with Gasteiger partial charge in [-0.15, -0.1) is 0 Å². The molecule has 0 spiro atoms. The Labute approximate surface area is 210 Å². The van der Waals surface area contributed by atoms with Gasteiger partial charge in [0, 0.05) is 6.04 Å². The van der Waals surface area contributed by atoms with E-state index in [0.29, 0.717) is 44.2 Å². The van der Waals surface area contributed by atoms with E-state index >= 15 is 0 Å². The van der Waals surface area contributed by atoms with Crippen molar-refractivity contribution in [2.45, 2.75) is 57.2 Å². The number of rotatable bonds is 13. The average Bonchev–Trinajstić information content (AvgIpc) is 2.83. The van der Waals surface area contributed by atoms with Crippen molar-refractivity contribution in [3.8, 4) is 0 Å². The zero-order valence-electron chi connectivity index (χ0n) is 20.2. The molecule has 5 nitrogen and oxygen atoms in total. The normalized spacial score (nSPS) is 14.1.